The number of carbonyl (C=O) groups is 1. The van der Waals surface area contributed by atoms with E-state index in [-0.39, 0.29) is 16.3 Å². The van der Waals surface area contributed by atoms with Gasteiger partial charge in [-0.25, -0.2) is 12.8 Å². The second-order valence-electron chi connectivity index (χ2n) is 5.99. The van der Waals surface area contributed by atoms with Crippen LogP contribution in [-0.4, -0.2) is 34.7 Å². The third-order valence-electron chi connectivity index (χ3n) is 3.66. The molecule has 0 bridgehead atoms. The standard InChI is InChI=1S/C17H16F4N2O3S/c1-23(2)15-7-4-10(17(19,20)21)8-14(15)22-16(24)12-9-11(27(3,25)26)5-6-13(12)18/h4-9H,1-3H3,(H,22,24). The van der Waals surface area contributed by atoms with Gasteiger partial charge >= 0.3 is 6.18 Å². The fourth-order valence-electron chi connectivity index (χ4n) is 2.30. The summed E-state index contributed by atoms with van der Waals surface area (Å²) in [5.74, 6) is -2.07. The van der Waals surface area contributed by atoms with Gasteiger partial charge in [0.2, 0.25) is 0 Å². The molecule has 0 aromatic heterocycles. The average molecular weight is 404 g/mol. The van der Waals surface area contributed by atoms with Crippen molar-refractivity contribution in [3.63, 3.8) is 0 Å². The zero-order valence-electron chi connectivity index (χ0n) is 14.6. The first-order valence-electron chi connectivity index (χ1n) is 7.50. The lowest BCUT2D eigenvalue weighted by Crippen LogP contribution is -2.19. The lowest BCUT2D eigenvalue weighted by molar-refractivity contribution is -0.137. The SMILES string of the molecule is CN(C)c1ccc(C(F)(F)F)cc1NC(=O)c1cc(S(C)(=O)=O)ccc1F. The summed E-state index contributed by atoms with van der Waals surface area (Å²) in [7, 11) is -0.583. The highest BCUT2D eigenvalue weighted by Gasteiger charge is 2.31. The maximum absolute atomic E-state index is 14.0. The van der Waals surface area contributed by atoms with Crippen LogP contribution < -0.4 is 10.2 Å². The van der Waals surface area contributed by atoms with E-state index < -0.39 is 38.9 Å². The molecule has 0 heterocycles. The predicted octanol–water partition coefficient (Wildman–Crippen LogP) is 3.57. The molecule has 2 aromatic carbocycles. The molecule has 27 heavy (non-hydrogen) atoms. The summed E-state index contributed by atoms with van der Waals surface area (Å²) in [6.45, 7) is 0. The van der Waals surface area contributed by atoms with Crippen LogP contribution in [0.25, 0.3) is 0 Å². The highest BCUT2D eigenvalue weighted by atomic mass is 32.2. The van der Waals surface area contributed by atoms with Crippen molar-refractivity contribution < 1.29 is 30.8 Å². The summed E-state index contributed by atoms with van der Waals surface area (Å²) in [4.78, 5) is 13.6. The second kappa shape index (κ2) is 7.18. The molecule has 0 saturated heterocycles. The molecular formula is C17H16F4N2O3S. The van der Waals surface area contributed by atoms with E-state index >= 15 is 0 Å². The molecule has 0 unspecified atom stereocenters. The van der Waals surface area contributed by atoms with Gasteiger partial charge in [0.25, 0.3) is 5.91 Å². The molecule has 2 aromatic rings. The molecule has 5 nitrogen and oxygen atoms in total. The number of carbonyl (C=O) groups excluding carboxylic acids is 1. The van der Waals surface area contributed by atoms with Gasteiger partial charge in [-0.05, 0) is 36.4 Å². The molecule has 0 radical (unpaired) electrons. The van der Waals surface area contributed by atoms with E-state index in [9.17, 15) is 30.8 Å². The minimum absolute atomic E-state index is 0.191. The van der Waals surface area contributed by atoms with Crippen LogP contribution in [0.1, 0.15) is 15.9 Å². The van der Waals surface area contributed by atoms with Gasteiger partial charge in [-0.2, -0.15) is 13.2 Å². The Balaban J connectivity index is 2.49. The Morgan fingerprint density at radius 2 is 1.70 bits per heavy atom. The number of anilines is 2. The smallest absolute Gasteiger partial charge is 0.376 e. The first-order chi connectivity index (χ1) is 12.3. The van der Waals surface area contributed by atoms with Crippen molar-refractivity contribution in [3.05, 3.63) is 53.3 Å². The van der Waals surface area contributed by atoms with Gasteiger partial charge in [0, 0.05) is 20.4 Å². The molecule has 2 rings (SSSR count). The molecule has 0 aliphatic heterocycles. The van der Waals surface area contributed by atoms with Crippen molar-refractivity contribution in [1.82, 2.24) is 0 Å². The Morgan fingerprint density at radius 1 is 1.07 bits per heavy atom. The number of hydrogen-bond acceptors (Lipinski definition) is 4. The molecule has 0 atom stereocenters. The van der Waals surface area contributed by atoms with Gasteiger partial charge in [-0.15, -0.1) is 0 Å². The maximum Gasteiger partial charge on any atom is 0.416 e. The zero-order chi connectivity index (χ0) is 20.6. The Morgan fingerprint density at radius 3 is 2.22 bits per heavy atom. The number of halogens is 4. The lowest BCUT2D eigenvalue weighted by atomic mass is 10.1. The monoisotopic (exact) mass is 404 g/mol. The molecule has 0 aliphatic rings. The van der Waals surface area contributed by atoms with Crippen molar-refractivity contribution in [1.29, 1.82) is 0 Å². The van der Waals surface area contributed by atoms with E-state index in [1.807, 2.05) is 0 Å². The van der Waals surface area contributed by atoms with Crippen LogP contribution in [0.2, 0.25) is 0 Å². The largest absolute Gasteiger partial charge is 0.416 e. The zero-order valence-corrected chi connectivity index (χ0v) is 15.4. The number of amides is 1. The van der Waals surface area contributed by atoms with E-state index in [2.05, 4.69) is 5.32 Å². The molecule has 0 aliphatic carbocycles. The minimum atomic E-state index is -4.63. The molecule has 10 heteroatoms. The fourth-order valence-corrected chi connectivity index (χ4v) is 2.95. The summed E-state index contributed by atoms with van der Waals surface area (Å²) in [5.41, 5.74) is -1.52. The maximum atomic E-state index is 14.0. The Kier molecular flexibility index (Phi) is 5.50. The minimum Gasteiger partial charge on any atom is -0.376 e. The van der Waals surface area contributed by atoms with E-state index in [4.69, 9.17) is 0 Å². The van der Waals surface area contributed by atoms with Crippen molar-refractivity contribution in [2.24, 2.45) is 0 Å². The van der Waals surface area contributed by atoms with Gasteiger partial charge in [0.05, 0.1) is 27.4 Å². The number of hydrogen-bond donors (Lipinski definition) is 1. The number of nitrogens with zero attached hydrogens (tertiary/aromatic N) is 1. The quantitative estimate of drug-likeness (QED) is 0.625. The lowest BCUT2D eigenvalue weighted by Gasteiger charge is -2.20. The summed E-state index contributed by atoms with van der Waals surface area (Å²) < 4.78 is 76.0. The average Bonchev–Trinajstić information content (AvgIpc) is 2.52. The molecule has 0 saturated carbocycles. The van der Waals surface area contributed by atoms with Crippen LogP contribution >= 0.6 is 0 Å². The van der Waals surface area contributed by atoms with Gasteiger partial charge in [0.15, 0.2) is 9.84 Å². The molecular weight excluding hydrogens is 388 g/mol. The van der Waals surface area contributed by atoms with Gasteiger partial charge in [-0.3, -0.25) is 4.79 Å². The predicted molar refractivity (Wildman–Crippen MR) is 93.2 cm³/mol. The number of benzene rings is 2. The Labute approximate surface area is 153 Å². The summed E-state index contributed by atoms with van der Waals surface area (Å²) in [6, 6.07) is 5.40. The van der Waals surface area contributed by atoms with Crippen LogP contribution in [-0.2, 0) is 16.0 Å². The van der Waals surface area contributed by atoms with Gasteiger partial charge in [0.1, 0.15) is 5.82 Å². The molecule has 0 fully saturated rings. The molecule has 1 amide bonds. The number of nitrogens with one attached hydrogen (secondary N) is 1. The van der Waals surface area contributed by atoms with Crippen LogP contribution in [0.4, 0.5) is 28.9 Å². The van der Waals surface area contributed by atoms with Crippen LogP contribution in [0.3, 0.4) is 0 Å². The molecule has 0 spiro atoms. The molecule has 1 N–H and O–H groups in total. The van der Waals surface area contributed by atoms with Crippen LogP contribution in [0, 0.1) is 5.82 Å². The van der Waals surface area contributed by atoms with Crippen LogP contribution in [0.15, 0.2) is 41.3 Å². The normalized spacial score (nSPS) is 12.0. The van der Waals surface area contributed by atoms with E-state index in [0.29, 0.717) is 0 Å². The van der Waals surface area contributed by atoms with Crippen LogP contribution in [0.5, 0.6) is 0 Å². The van der Waals surface area contributed by atoms with Gasteiger partial charge < -0.3 is 10.2 Å². The second-order valence-corrected chi connectivity index (χ2v) is 8.01. The van der Waals surface area contributed by atoms with Crippen molar-refractivity contribution in [2.75, 3.05) is 30.6 Å². The Bertz CT molecular complexity index is 986. The third kappa shape index (κ3) is 4.76. The first kappa shape index (κ1) is 20.7. The topological polar surface area (TPSA) is 66.5 Å². The van der Waals surface area contributed by atoms with Gasteiger partial charge in [-0.1, -0.05) is 0 Å². The highest BCUT2D eigenvalue weighted by Crippen LogP contribution is 2.35. The number of rotatable bonds is 4. The first-order valence-corrected chi connectivity index (χ1v) is 9.39. The number of sulfone groups is 1. The van der Waals surface area contributed by atoms with E-state index in [0.717, 1.165) is 36.6 Å². The van der Waals surface area contributed by atoms with Crippen molar-refractivity contribution in [3.8, 4) is 0 Å². The molecule has 146 valence electrons. The van der Waals surface area contributed by atoms with Crippen molar-refractivity contribution in [2.45, 2.75) is 11.1 Å². The third-order valence-corrected chi connectivity index (χ3v) is 4.77. The fraction of sp³-hybridized carbons (Fsp3) is 0.235. The Hall–Kier alpha value is -2.62. The van der Waals surface area contributed by atoms with E-state index in [1.54, 1.807) is 14.1 Å². The summed E-state index contributed by atoms with van der Waals surface area (Å²) in [5, 5.41) is 2.22. The van der Waals surface area contributed by atoms with E-state index in [1.165, 1.54) is 11.0 Å². The van der Waals surface area contributed by atoms with Crippen molar-refractivity contribution >= 4 is 27.1 Å². The highest BCUT2D eigenvalue weighted by molar-refractivity contribution is 7.90. The summed E-state index contributed by atoms with van der Waals surface area (Å²) >= 11 is 0. The summed E-state index contributed by atoms with van der Waals surface area (Å²) in [6.07, 6.45) is -3.75. The number of alkyl halides is 3.